The molecule has 0 N–H and O–H groups in total. The van der Waals surface area contributed by atoms with Gasteiger partial charge in [-0.1, -0.05) is 5.57 Å². The number of fused-ring (bicyclic) bond motifs is 1. The third-order valence-corrected chi connectivity index (χ3v) is 4.21. The van der Waals surface area contributed by atoms with Crippen molar-refractivity contribution < 1.29 is 19.1 Å². The normalized spacial score (nSPS) is 26.8. The fraction of sp³-hybridized carbons (Fsp3) is 0.714. The molecule has 0 bridgehead atoms. The SMILES string of the molecule is COC(=O)[C@@H]1CCC(C)=C2CCCN(C(=O)OC)[C@@H]21. The molecule has 5 nitrogen and oxygen atoms in total. The molecule has 0 aromatic heterocycles. The Labute approximate surface area is 113 Å². The molecule has 0 saturated carbocycles. The van der Waals surface area contributed by atoms with Gasteiger partial charge in [0.1, 0.15) is 0 Å². The molecule has 2 atom stereocenters. The van der Waals surface area contributed by atoms with Crippen molar-refractivity contribution in [1.29, 1.82) is 0 Å². The van der Waals surface area contributed by atoms with E-state index in [1.54, 1.807) is 4.90 Å². The lowest BCUT2D eigenvalue weighted by Gasteiger charge is -2.43. The molecule has 1 aliphatic heterocycles. The summed E-state index contributed by atoms with van der Waals surface area (Å²) < 4.78 is 9.74. The molecule has 2 rings (SSSR count). The lowest BCUT2D eigenvalue weighted by Crippen LogP contribution is -2.52. The van der Waals surface area contributed by atoms with Gasteiger partial charge in [0.05, 0.1) is 26.2 Å². The maximum absolute atomic E-state index is 12.0. The maximum atomic E-state index is 12.0. The topological polar surface area (TPSA) is 55.8 Å². The summed E-state index contributed by atoms with van der Waals surface area (Å²) in [7, 11) is 2.78. The molecule has 1 aliphatic carbocycles. The van der Waals surface area contributed by atoms with Gasteiger partial charge in [0.25, 0.3) is 0 Å². The molecular weight excluding hydrogens is 246 g/mol. The summed E-state index contributed by atoms with van der Waals surface area (Å²) in [6, 6.07) is -0.178. The van der Waals surface area contributed by atoms with Gasteiger partial charge in [-0.3, -0.25) is 4.79 Å². The van der Waals surface area contributed by atoms with E-state index in [9.17, 15) is 9.59 Å². The first-order chi connectivity index (χ1) is 9.10. The van der Waals surface area contributed by atoms with Crippen molar-refractivity contribution in [1.82, 2.24) is 4.90 Å². The summed E-state index contributed by atoms with van der Waals surface area (Å²) in [6.45, 7) is 2.73. The van der Waals surface area contributed by atoms with Crippen LogP contribution in [-0.4, -0.2) is 43.8 Å². The van der Waals surface area contributed by atoms with Crippen LogP contribution in [0, 0.1) is 5.92 Å². The van der Waals surface area contributed by atoms with E-state index in [2.05, 4.69) is 6.92 Å². The van der Waals surface area contributed by atoms with Crippen LogP contribution in [0.3, 0.4) is 0 Å². The van der Waals surface area contributed by atoms with Crippen LogP contribution in [0.25, 0.3) is 0 Å². The average molecular weight is 267 g/mol. The van der Waals surface area contributed by atoms with Crippen molar-refractivity contribution in [3.8, 4) is 0 Å². The van der Waals surface area contributed by atoms with Crippen LogP contribution in [-0.2, 0) is 14.3 Å². The molecule has 1 fully saturated rings. The highest BCUT2D eigenvalue weighted by molar-refractivity contribution is 5.77. The number of piperidine rings is 1. The highest BCUT2D eigenvalue weighted by Crippen LogP contribution is 2.39. The number of rotatable bonds is 1. The first-order valence-electron chi connectivity index (χ1n) is 6.71. The third kappa shape index (κ3) is 2.46. The Balaban J connectivity index is 2.35. The standard InChI is InChI=1S/C14H21NO4/c1-9-6-7-11(13(16)18-2)12-10(9)5-4-8-15(12)14(17)19-3/h11-12H,4-8H2,1-3H3/t11-,12+/m1/s1. The van der Waals surface area contributed by atoms with Crippen LogP contribution >= 0.6 is 0 Å². The fourth-order valence-electron chi connectivity index (χ4n) is 3.25. The van der Waals surface area contributed by atoms with Gasteiger partial charge in [0.15, 0.2) is 0 Å². The first kappa shape index (κ1) is 13.9. The second kappa shape index (κ2) is 5.63. The van der Waals surface area contributed by atoms with E-state index in [1.165, 1.54) is 25.4 Å². The smallest absolute Gasteiger partial charge is 0.410 e. The van der Waals surface area contributed by atoms with Gasteiger partial charge < -0.3 is 14.4 Å². The number of esters is 1. The van der Waals surface area contributed by atoms with Crippen LogP contribution in [0.1, 0.15) is 32.6 Å². The van der Waals surface area contributed by atoms with E-state index in [-0.39, 0.29) is 24.0 Å². The summed E-state index contributed by atoms with van der Waals surface area (Å²) in [6.07, 6.45) is 3.16. The quantitative estimate of drug-likeness (QED) is 0.539. The van der Waals surface area contributed by atoms with Crippen molar-refractivity contribution in [2.75, 3.05) is 20.8 Å². The number of carbonyl (C=O) groups is 2. The Morgan fingerprint density at radius 1 is 1.21 bits per heavy atom. The van der Waals surface area contributed by atoms with Gasteiger partial charge in [-0.25, -0.2) is 4.79 Å². The number of carbonyl (C=O) groups excluding carboxylic acids is 2. The zero-order chi connectivity index (χ0) is 14.0. The van der Waals surface area contributed by atoms with Gasteiger partial charge in [-0.05, 0) is 38.2 Å². The first-order valence-corrected chi connectivity index (χ1v) is 6.71. The van der Waals surface area contributed by atoms with E-state index >= 15 is 0 Å². The minimum absolute atomic E-state index is 0.178. The lowest BCUT2D eigenvalue weighted by atomic mass is 9.76. The molecule has 2 aliphatic rings. The van der Waals surface area contributed by atoms with E-state index < -0.39 is 0 Å². The highest BCUT2D eigenvalue weighted by Gasteiger charge is 2.43. The molecule has 106 valence electrons. The Morgan fingerprint density at radius 2 is 1.95 bits per heavy atom. The fourth-order valence-corrected chi connectivity index (χ4v) is 3.25. The predicted octanol–water partition coefficient (Wildman–Crippen LogP) is 2.12. The van der Waals surface area contributed by atoms with Gasteiger partial charge in [0.2, 0.25) is 0 Å². The molecule has 1 saturated heterocycles. The highest BCUT2D eigenvalue weighted by atomic mass is 16.5. The van der Waals surface area contributed by atoms with E-state index in [0.29, 0.717) is 6.54 Å². The van der Waals surface area contributed by atoms with Gasteiger partial charge in [-0.15, -0.1) is 0 Å². The van der Waals surface area contributed by atoms with E-state index in [1.807, 2.05) is 0 Å². The summed E-state index contributed by atoms with van der Waals surface area (Å²) in [5.41, 5.74) is 2.53. The van der Waals surface area contributed by atoms with Crippen LogP contribution in [0.2, 0.25) is 0 Å². The monoisotopic (exact) mass is 267 g/mol. The largest absolute Gasteiger partial charge is 0.469 e. The van der Waals surface area contributed by atoms with Gasteiger partial charge in [-0.2, -0.15) is 0 Å². The van der Waals surface area contributed by atoms with Crippen LogP contribution in [0.5, 0.6) is 0 Å². The number of methoxy groups -OCH3 is 2. The minimum Gasteiger partial charge on any atom is -0.469 e. The van der Waals surface area contributed by atoms with Crippen molar-refractivity contribution in [3.63, 3.8) is 0 Å². The van der Waals surface area contributed by atoms with E-state index in [0.717, 1.165) is 25.7 Å². The van der Waals surface area contributed by atoms with Crippen LogP contribution in [0.4, 0.5) is 4.79 Å². The molecule has 0 aromatic carbocycles. The molecular formula is C14H21NO4. The Bertz CT molecular complexity index is 416. The molecule has 0 radical (unpaired) electrons. The zero-order valence-corrected chi connectivity index (χ0v) is 11.8. The number of nitrogens with zero attached hydrogens (tertiary/aromatic N) is 1. The van der Waals surface area contributed by atoms with Crippen LogP contribution in [0.15, 0.2) is 11.1 Å². The number of amides is 1. The number of allylic oxidation sites excluding steroid dienone is 1. The summed E-state index contributed by atoms with van der Waals surface area (Å²) in [5.74, 6) is -0.492. The number of hydrogen-bond donors (Lipinski definition) is 0. The van der Waals surface area contributed by atoms with E-state index in [4.69, 9.17) is 9.47 Å². The second-order valence-electron chi connectivity index (χ2n) is 5.19. The molecule has 19 heavy (non-hydrogen) atoms. The van der Waals surface area contributed by atoms with Crippen LogP contribution < -0.4 is 0 Å². The Morgan fingerprint density at radius 3 is 2.58 bits per heavy atom. The summed E-state index contributed by atoms with van der Waals surface area (Å²) in [5, 5.41) is 0. The van der Waals surface area contributed by atoms with Gasteiger partial charge in [0, 0.05) is 6.54 Å². The summed E-state index contributed by atoms with van der Waals surface area (Å²) >= 11 is 0. The summed E-state index contributed by atoms with van der Waals surface area (Å²) in [4.78, 5) is 25.6. The maximum Gasteiger partial charge on any atom is 0.410 e. The molecule has 0 unspecified atom stereocenters. The molecule has 5 heteroatoms. The molecule has 1 amide bonds. The number of likely N-dealkylation sites (tertiary alicyclic amines) is 1. The van der Waals surface area contributed by atoms with Gasteiger partial charge >= 0.3 is 12.1 Å². The Kier molecular flexibility index (Phi) is 4.12. The number of ether oxygens (including phenoxy) is 2. The number of hydrogen-bond acceptors (Lipinski definition) is 4. The lowest BCUT2D eigenvalue weighted by molar-refractivity contribution is -0.148. The van der Waals surface area contributed by atoms with Crippen molar-refractivity contribution in [2.24, 2.45) is 5.92 Å². The minimum atomic E-state index is -0.356. The molecule has 0 aromatic rings. The van der Waals surface area contributed by atoms with Crippen molar-refractivity contribution in [2.45, 2.75) is 38.6 Å². The second-order valence-corrected chi connectivity index (χ2v) is 5.19. The average Bonchev–Trinajstić information content (AvgIpc) is 2.45. The zero-order valence-electron chi connectivity index (χ0n) is 11.8. The van der Waals surface area contributed by atoms with Crippen molar-refractivity contribution in [3.05, 3.63) is 11.1 Å². The molecule has 1 heterocycles. The van der Waals surface area contributed by atoms with Crippen molar-refractivity contribution >= 4 is 12.1 Å². The third-order valence-electron chi connectivity index (χ3n) is 4.21. The predicted molar refractivity (Wildman–Crippen MR) is 69.6 cm³/mol. The Hall–Kier alpha value is -1.52. The molecule has 0 spiro atoms.